The molecule has 6 nitrogen and oxygen atoms in total. The maximum absolute atomic E-state index is 11.8. The fraction of sp³-hybridized carbons (Fsp3) is 0.900. The zero-order valence-corrected chi connectivity index (χ0v) is 12.2. The first kappa shape index (κ1) is 13.9. The van der Waals surface area contributed by atoms with E-state index in [-0.39, 0.29) is 18.5 Å². The van der Waals surface area contributed by atoms with Crippen molar-refractivity contribution in [3.05, 3.63) is 0 Å². The summed E-state index contributed by atoms with van der Waals surface area (Å²) >= 11 is 0. The van der Waals surface area contributed by atoms with Crippen molar-refractivity contribution in [2.24, 2.45) is 5.92 Å². The Morgan fingerprint density at radius 1 is 1.28 bits per heavy atom. The van der Waals surface area contributed by atoms with Gasteiger partial charge in [-0.3, -0.25) is 0 Å². The Bertz CT molecular complexity index is 459. The SMILES string of the molecule is CC(C)(C)OC(=O)N1C[C@H]2CN(S(=O)(=O)Cl)C[C@H]21. The molecule has 0 N–H and O–H groups in total. The Labute approximate surface area is 111 Å². The summed E-state index contributed by atoms with van der Waals surface area (Å²) in [5, 5.41) is 0. The zero-order chi connectivity index (χ0) is 13.7. The van der Waals surface area contributed by atoms with Gasteiger partial charge in [0.05, 0.1) is 6.04 Å². The predicted molar refractivity (Wildman–Crippen MR) is 66.6 cm³/mol. The molecular weight excluding hydrogens is 280 g/mol. The lowest BCUT2D eigenvalue weighted by Gasteiger charge is -2.43. The van der Waals surface area contributed by atoms with E-state index in [1.54, 1.807) is 25.7 Å². The second-order valence-electron chi connectivity index (χ2n) is 5.72. The minimum absolute atomic E-state index is 0.103. The highest BCUT2D eigenvalue weighted by atomic mass is 35.7. The van der Waals surface area contributed by atoms with Crippen molar-refractivity contribution in [3.8, 4) is 0 Å². The first-order chi connectivity index (χ1) is 8.08. The minimum Gasteiger partial charge on any atom is -0.444 e. The van der Waals surface area contributed by atoms with Crippen LogP contribution in [0.4, 0.5) is 4.79 Å². The topological polar surface area (TPSA) is 66.9 Å². The van der Waals surface area contributed by atoms with Crippen molar-refractivity contribution in [1.82, 2.24) is 9.21 Å². The highest BCUT2D eigenvalue weighted by Crippen LogP contribution is 2.35. The van der Waals surface area contributed by atoms with Gasteiger partial charge in [-0.2, -0.15) is 12.7 Å². The Kier molecular flexibility index (Phi) is 3.28. The van der Waals surface area contributed by atoms with Gasteiger partial charge in [0.1, 0.15) is 5.60 Å². The molecule has 18 heavy (non-hydrogen) atoms. The van der Waals surface area contributed by atoms with Crippen LogP contribution >= 0.6 is 10.7 Å². The number of hydrogen-bond donors (Lipinski definition) is 0. The van der Waals surface area contributed by atoms with E-state index >= 15 is 0 Å². The molecule has 2 aliphatic rings. The summed E-state index contributed by atoms with van der Waals surface area (Å²) in [7, 11) is 1.61. The van der Waals surface area contributed by atoms with E-state index in [0.717, 1.165) is 0 Å². The molecule has 2 saturated heterocycles. The van der Waals surface area contributed by atoms with E-state index < -0.39 is 20.9 Å². The molecule has 0 unspecified atom stereocenters. The Balaban J connectivity index is 1.96. The molecule has 104 valence electrons. The monoisotopic (exact) mass is 296 g/mol. The average molecular weight is 297 g/mol. The van der Waals surface area contributed by atoms with Crippen molar-refractivity contribution in [2.75, 3.05) is 19.6 Å². The van der Waals surface area contributed by atoms with Crippen molar-refractivity contribution in [3.63, 3.8) is 0 Å². The number of amides is 1. The second-order valence-corrected chi connectivity index (χ2v) is 8.23. The van der Waals surface area contributed by atoms with E-state index in [9.17, 15) is 13.2 Å². The van der Waals surface area contributed by atoms with Crippen LogP contribution in [0.25, 0.3) is 0 Å². The molecule has 1 amide bonds. The minimum atomic E-state index is -3.69. The van der Waals surface area contributed by atoms with Crippen LogP contribution in [-0.2, 0) is 14.0 Å². The van der Waals surface area contributed by atoms with Gasteiger partial charge in [0, 0.05) is 36.2 Å². The van der Waals surface area contributed by atoms with Gasteiger partial charge in [-0.15, -0.1) is 0 Å². The lowest BCUT2D eigenvalue weighted by atomic mass is 9.93. The number of likely N-dealkylation sites (tertiary alicyclic amines) is 1. The Hall–Kier alpha value is -0.530. The number of halogens is 1. The molecule has 0 spiro atoms. The highest BCUT2D eigenvalue weighted by molar-refractivity contribution is 8.11. The maximum atomic E-state index is 11.8. The first-order valence-electron chi connectivity index (χ1n) is 5.77. The van der Waals surface area contributed by atoms with Crippen LogP contribution in [0.2, 0.25) is 0 Å². The van der Waals surface area contributed by atoms with Gasteiger partial charge in [0.15, 0.2) is 0 Å². The highest BCUT2D eigenvalue weighted by Gasteiger charge is 2.51. The third kappa shape index (κ3) is 2.73. The van der Waals surface area contributed by atoms with E-state index in [1.807, 2.05) is 0 Å². The summed E-state index contributed by atoms with van der Waals surface area (Å²) in [6.45, 7) is 6.57. The fourth-order valence-electron chi connectivity index (χ4n) is 2.31. The van der Waals surface area contributed by atoms with Gasteiger partial charge in [-0.05, 0) is 20.8 Å². The lowest BCUT2D eigenvalue weighted by Crippen LogP contribution is -2.59. The van der Waals surface area contributed by atoms with E-state index in [0.29, 0.717) is 13.1 Å². The van der Waals surface area contributed by atoms with Crippen LogP contribution in [0, 0.1) is 5.92 Å². The molecule has 0 aromatic rings. The largest absolute Gasteiger partial charge is 0.444 e. The van der Waals surface area contributed by atoms with Crippen LogP contribution < -0.4 is 0 Å². The summed E-state index contributed by atoms with van der Waals surface area (Å²) in [6.07, 6.45) is -0.391. The molecule has 2 fully saturated rings. The average Bonchev–Trinajstić information content (AvgIpc) is 2.39. The summed E-state index contributed by atoms with van der Waals surface area (Å²) in [6, 6.07) is -0.103. The molecule has 2 rings (SSSR count). The van der Waals surface area contributed by atoms with Gasteiger partial charge in [0.25, 0.3) is 9.24 Å². The van der Waals surface area contributed by atoms with E-state index in [2.05, 4.69) is 0 Å². The molecule has 0 aromatic carbocycles. The summed E-state index contributed by atoms with van der Waals surface area (Å²) in [5.74, 6) is 0.172. The van der Waals surface area contributed by atoms with Crippen LogP contribution in [0.15, 0.2) is 0 Å². The molecular formula is C10H17ClN2O4S. The Morgan fingerprint density at radius 3 is 2.39 bits per heavy atom. The maximum Gasteiger partial charge on any atom is 0.410 e. The molecule has 0 saturated carbocycles. The molecule has 2 atom stereocenters. The zero-order valence-electron chi connectivity index (χ0n) is 10.6. The number of carbonyl (C=O) groups excluding carboxylic acids is 1. The van der Waals surface area contributed by atoms with Crippen LogP contribution in [-0.4, -0.2) is 55.0 Å². The quantitative estimate of drug-likeness (QED) is 0.678. The molecule has 0 bridgehead atoms. The van der Waals surface area contributed by atoms with Crippen LogP contribution in [0.3, 0.4) is 0 Å². The molecule has 2 aliphatic heterocycles. The smallest absolute Gasteiger partial charge is 0.410 e. The van der Waals surface area contributed by atoms with Crippen molar-refractivity contribution in [1.29, 1.82) is 0 Å². The van der Waals surface area contributed by atoms with E-state index in [4.69, 9.17) is 15.4 Å². The Morgan fingerprint density at radius 2 is 1.89 bits per heavy atom. The third-order valence-electron chi connectivity index (χ3n) is 3.14. The van der Waals surface area contributed by atoms with E-state index in [1.165, 1.54) is 4.31 Å². The van der Waals surface area contributed by atoms with Gasteiger partial charge in [-0.1, -0.05) is 0 Å². The summed E-state index contributed by atoms with van der Waals surface area (Å²) in [4.78, 5) is 13.4. The normalized spacial score (nSPS) is 28.8. The van der Waals surface area contributed by atoms with Gasteiger partial charge >= 0.3 is 6.09 Å². The molecule has 0 aromatic heterocycles. The van der Waals surface area contributed by atoms with Crippen molar-refractivity contribution >= 4 is 26.0 Å². The third-order valence-corrected chi connectivity index (χ3v) is 4.64. The van der Waals surface area contributed by atoms with Gasteiger partial charge < -0.3 is 9.64 Å². The molecule has 0 aliphatic carbocycles. The lowest BCUT2D eigenvalue weighted by molar-refractivity contribution is -0.0164. The number of ether oxygens (including phenoxy) is 1. The number of nitrogens with zero attached hydrogens (tertiary/aromatic N) is 2. The van der Waals surface area contributed by atoms with Gasteiger partial charge in [0.2, 0.25) is 0 Å². The summed E-state index contributed by atoms with van der Waals surface area (Å²) in [5.41, 5.74) is -0.543. The number of rotatable bonds is 1. The van der Waals surface area contributed by atoms with Crippen molar-refractivity contribution < 1.29 is 17.9 Å². The van der Waals surface area contributed by atoms with Crippen LogP contribution in [0.1, 0.15) is 20.8 Å². The molecule has 0 radical (unpaired) electrons. The van der Waals surface area contributed by atoms with Crippen molar-refractivity contribution in [2.45, 2.75) is 32.4 Å². The summed E-state index contributed by atoms with van der Waals surface area (Å²) < 4.78 is 28.9. The molecule has 2 heterocycles. The predicted octanol–water partition coefficient (Wildman–Crippen LogP) is 1.02. The number of hydrogen-bond acceptors (Lipinski definition) is 4. The first-order valence-corrected chi connectivity index (χ1v) is 8.04. The number of carbonyl (C=O) groups is 1. The molecule has 8 heteroatoms. The van der Waals surface area contributed by atoms with Crippen LogP contribution in [0.5, 0.6) is 0 Å². The van der Waals surface area contributed by atoms with Gasteiger partial charge in [-0.25, -0.2) is 4.79 Å². The fourth-order valence-corrected chi connectivity index (χ4v) is 3.34. The number of fused-ring (bicyclic) bond motifs is 1. The standard InChI is InChI=1S/C10H17ClN2O4S/c1-10(2,3)17-9(14)13-5-7-4-12(6-8(7)13)18(11,15)16/h7-8H,4-6H2,1-3H3/t7-,8-/m1/s1. The second kappa shape index (κ2) is 4.25.